The van der Waals surface area contributed by atoms with Crippen molar-refractivity contribution in [3.63, 3.8) is 0 Å². The van der Waals surface area contributed by atoms with Crippen molar-refractivity contribution in [2.45, 2.75) is 13.0 Å². The molecule has 1 aromatic heterocycles. The highest BCUT2D eigenvalue weighted by Crippen LogP contribution is 2.27. The summed E-state index contributed by atoms with van der Waals surface area (Å²) >= 11 is 0. The quantitative estimate of drug-likeness (QED) is 0.716. The van der Waals surface area contributed by atoms with Crippen LogP contribution in [-0.4, -0.2) is 27.9 Å². The van der Waals surface area contributed by atoms with Crippen molar-refractivity contribution in [1.29, 1.82) is 0 Å². The second-order valence-electron chi connectivity index (χ2n) is 5.54. The molecule has 0 radical (unpaired) electrons. The topological polar surface area (TPSA) is 81.2 Å². The van der Waals surface area contributed by atoms with Gasteiger partial charge in [0.15, 0.2) is 11.8 Å². The Morgan fingerprint density at radius 1 is 1.00 bits per heavy atom. The summed E-state index contributed by atoms with van der Waals surface area (Å²) < 4.78 is 5.16. The van der Waals surface area contributed by atoms with E-state index in [1.54, 1.807) is 6.07 Å². The van der Waals surface area contributed by atoms with Crippen LogP contribution in [0.2, 0.25) is 0 Å². The average molecular weight is 347 g/mol. The van der Waals surface area contributed by atoms with Gasteiger partial charge in [0.05, 0.1) is 6.20 Å². The molecule has 1 unspecified atom stereocenters. The van der Waals surface area contributed by atoms with Gasteiger partial charge in [-0.25, -0.2) is 9.78 Å². The lowest BCUT2D eigenvalue weighted by Gasteiger charge is -2.15. The summed E-state index contributed by atoms with van der Waals surface area (Å²) in [5, 5.41) is 2.81. The molecule has 3 rings (SSSR count). The van der Waals surface area contributed by atoms with Crippen molar-refractivity contribution >= 4 is 17.6 Å². The van der Waals surface area contributed by atoms with Gasteiger partial charge in [-0.2, -0.15) is 0 Å². The molecule has 0 aliphatic rings. The Labute approximate surface area is 150 Å². The van der Waals surface area contributed by atoms with Crippen LogP contribution in [0.3, 0.4) is 0 Å². The second-order valence-corrected chi connectivity index (χ2v) is 5.54. The maximum absolute atomic E-state index is 12.4. The van der Waals surface area contributed by atoms with E-state index in [0.717, 1.165) is 11.1 Å². The fourth-order valence-electron chi connectivity index (χ4n) is 2.37. The maximum Gasteiger partial charge on any atom is 0.359 e. The largest absolute Gasteiger partial charge is 0.448 e. The van der Waals surface area contributed by atoms with Crippen LogP contribution in [0.1, 0.15) is 17.4 Å². The molecule has 0 bridgehead atoms. The molecule has 0 aliphatic carbocycles. The van der Waals surface area contributed by atoms with Crippen molar-refractivity contribution in [3.05, 3.63) is 78.9 Å². The Morgan fingerprint density at radius 3 is 2.46 bits per heavy atom. The molecule has 2 aromatic carbocycles. The molecule has 6 heteroatoms. The number of nitrogens with zero attached hydrogens (tertiary/aromatic N) is 2. The molecule has 0 fully saturated rings. The van der Waals surface area contributed by atoms with Crippen molar-refractivity contribution in [1.82, 2.24) is 9.97 Å². The first-order chi connectivity index (χ1) is 12.6. The van der Waals surface area contributed by atoms with Gasteiger partial charge in [-0.05, 0) is 18.6 Å². The molecule has 0 saturated heterocycles. The zero-order valence-electron chi connectivity index (χ0n) is 14.1. The number of carbonyl (C=O) groups is 2. The van der Waals surface area contributed by atoms with Crippen molar-refractivity contribution in [2.75, 3.05) is 5.32 Å². The number of rotatable bonds is 5. The Morgan fingerprint density at radius 2 is 1.73 bits per heavy atom. The Hall–Kier alpha value is -3.54. The number of carbonyl (C=O) groups excluding carboxylic acids is 2. The van der Waals surface area contributed by atoms with E-state index in [1.165, 1.54) is 25.5 Å². The Bertz CT molecular complexity index is 898. The van der Waals surface area contributed by atoms with Crippen LogP contribution in [0.5, 0.6) is 0 Å². The Kier molecular flexibility index (Phi) is 5.34. The molecule has 0 spiro atoms. The maximum atomic E-state index is 12.4. The van der Waals surface area contributed by atoms with Gasteiger partial charge in [0.1, 0.15) is 0 Å². The van der Waals surface area contributed by atoms with E-state index in [9.17, 15) is 9.59 Å². The van der Waals surface area contributed by atoms with Crippen LogP contribution in [0.4, 0.5) is 5.69 Å². The number of para-hydroxylation sites is 1. The SMILES string of the molecule is CC(OC(=O)c1cnccn1)C(=O)Nc1ccccc1-c1ccccc1. The van der Waals surface area contributed by atoms with Gasteiger partial charge in [0.25, 0.3) is 5.91 Å². The van der Waals surface area contributed by atoms with E-state index in [-0.39, 0.29) is 5.69 Å². The highest BCUT2D eigenvalue weighted by atomic mass is 16.5. The third kappa shape index (κ3) is 4.10. The normalized spacial score (nSPS) is 11.4. The summed E-state index contributed by atoms with van der Waals surface area (Å²) in [6.45, 7) is 1.51. The molecule has 6 nitrogen and oxygen atoms in total. The molecule has 0 aliphatic heterocycles. The monoisotopic (exact) mass is 347 g/mol. The van der Waals surface area contributed by atoms with E-state index in [0.29, 0.717) is 5.69 Å². The molecule has 0 saturated carbocycles. The number of esters is 1. The van der Waals surface area contributed by atoms with Crippen LogP contribution in [-0.2, 0) is 9.53 Å². The fraction of sp³-hybridized carbons (Fsp3) is 0.100. The zero-order chi connectivity index (χ0) is 18.4. The third-order valence-corrected chi connectivity index (χ3v) is 3.70. The minimum atomic E-state index is -0.978. The zero-order valence-corrected chi connectivity index (χ0v) is 14.1. The van der Waals surface area contributed by atoms with Gasteiger partial charge in [0, 0.05) is 23.6 Å². The molecule has 3 aromatic rings. The van der Waals surface area contributed by atoms with Crippen LogP contribution < -0.4 is 5.32 Å². The van der Waals surface area contributed by atoms with Crippen molar-refractivity contribution in [2.24, 2.45) is 0 Å². The lowest BCUT2D eigenvalue weighted by Crippen LogP contribution is -2.30. The van der Waals surface area contributed by atoms with E-state index >= 15 is 0 Å². The Balaban J connectivity index is 1.71. The van der Waals surface area contributed by atoms with E-state index in [2.05, 4.69) is 15.3 Å². The first-order valence-corrected chi connectivity index (χ1v) is 8.07. The minimum absolute atomic E-state index is 0.0526. The van der Waals surface area contributed by atoms with Gasteiger partial charge in [-0.3, -0.25) is 9.78 Å². The van der Waals surface area contributed by atoms with Gasteiger partial charge in [0.2, 0.25) is 0 Å². The molecule has 1 heterocycles. The van der Waals surface area contributed by atoms with Gasteiger partial charge < -0.3 is 10.1 Å². The number of amides is 1. The number of aromatic nitrogens is 2. The summed E-state index contributed by atoms with van der Waals surface area (Å²) in [5.74, 6) is -1.12. The smallest absolute Gasteiger partial charge is 0.359 e. The number of hydrogen-bond acceptors (Lipinski definition) is 5. The molecule has 1 N–H and O–H groups in total. The van der Waals surface area contributed by atoms with E-state index in [1.807, 2.05) is 48.5 Å². The third-order valence-electron chi connectivity index (χ3n) is 3.70. The molecular weight excluding hydrogens is 330 g/mol. The van der Waals surface area contributed by atoms with Crippen LogP contribution in [0, 0.1) is 0 Å². The predicted octanol–water partition coefficient (Wildman–Crippen LogP) is 3.33. The van der Waals surface area contributed by atoms with Gasteiger partial charge in [-0.15, -0.1) is 0 Å². The molecule has 26 heavy (non-hydrogen) atoms. The highest BCUT2D eigenvalue weighted by molar-refractivity contribution is 5.99. The number of hydrogen-bond donors (Lipinski definition) is 1. The number of benzene rings is 2. The summed E-state index contributed by atoms with van der Waals surface area (Å²) in [5.41, 5.74) is 2.56. The lowest BCUT2D eigenvalue weighted by molar-refractivity contribution is -0.123. The molecule has 130 valence electrons. The molecule has 1 amide bonds. The van der Waals surface area contributed by atoms with Crippen LogP contribution in [0.25, 0.3) is 11.1 Å². The number of nitrogens with one attached hydrogen (secondary N) is 1. The van der Waals surface area contributed by atoms with Gasteiger partial charge in [-0.1, -0.05) is 48.5 Å². The highest BCUT2D eigenvalue weighted by Gasteiger charge is 2.20. The van der Waals surface area contributed by atoms with Crippen molar-refractivity contribution < 1.29 is 14.3 Å². The second kappa shape index (κ2) is 8.02. The van der Waals surface area contributed by atoms with Crippen LogP contribution >= 0.6 is 0 Å². The number of ether oxygens (including phenoxy) is 1. The predicted molar refractivity (Wildman–Crippen MR) is 97.4 cm³/mol. The van der Waals surface area contributed by atoms with Gasteiger partial charge >= 0.3 is 5.97 Å². The average Bonchev–Trinajstić information content (AvgIpc) is 2.69. The van der Waals surface area contributed by atoms with Crippen molar-refractivity contribution in [3.8, 4) is 11.1 Å². The first-order valence-electron chi connectivity index (χ1n) is 8.07. The lowest BCUT2D eigenvalue weighted by atomic mass is 10.0. The first kappa shape index (κ1) is 17.3. The molecule has 1 atom stereocenters. The summed E-state index contributed by atoms with van der Waals surface area (Å²) in [7, 11) is 0. The minimum Gasteiger partial charge on any atom is -0.448 e. The number of anilines is 1. The summed E-state index contributed by atoms with van der Waals surface area (Å²) in [6, 6.07) is 17.2. The molecular formula is C20H17N3O3. The fourth-order valence-corrected chi connectivity index (χ4v) is 2.37. The van der Waals surface area contributed by atoms with E-state index in [4.69, 9.17) is 4.74 Å². The summed E-state index contributed by atoms with van der Waals surface area (Å²) in [6.07, 6.45) is 3.15. The van der Waals surface area contributed by atoms with Crippen LogP contribution in [0.15, 0.2) is 73.2 Å². The standard InChI is InChI=1S/C20H17N3O3/c1-14(26-20(25)18-13-21-11-12-22-18)19(24)23-17-10-6-5-9-16(17)15-7-3-2-4-8-15/h2-14H,1H3,(H,23,24). The summed E-state index contributed by atoms with van der Waals surface area (Å²) in [4.78, 5) is 32.1. The van der Waals surface area contributed by atoms with E-state index < -0.39 is 18.0 Å².